The fourth-order valence-electron chi connectivity index (χ4n) is 3.05. The van der Waals surface area contributed by atoms with Crippen molar-refractivity contribution >= 4 is 28.2 Å². The van der Waals surface area contributed by atoms with Crippen molar-refractivity contribution in [2.24, 2.45) is 7.05 Å². The first-order valence-electron chi connectivity index (χ1n) is 8.80. The highest BCUT2D eigenvalue weighted by molar-refractivity contribution is 7.88. The Hall–Kier alpha value is -2.41. The van der Waals surface area contributed by atoms with E-state index in [9.17, 15) is 13.4 Å². The van der Waals surface area contributed by atoms with E-state index in [1.165, 1.54) is 10.6 Å². The maximum atomic E-state index is 14.3. The van der Waals surface area contributed by atoms with Crippen LogP contribution in [0, 0.1) is 19.7 Å². The summed E-state index contributed by atoms with van der Waals surface area (Å²) in [5.41, 5.74) is 1.87. The molecule has 2 aromatic rings. The lowest BCUT2D eigenvalue weighted by Crippen LogP contribution is -2.27. The first-order chi connectivity index (χ1) is 12.8. The smallest absolute Gasteiger partial charge is 0.254 e. The van der Waals surface area contributed by atoms with Crippen LogP contribution in [0.1, 0.15) is 30.4 Å². The molecule has 1 aliphatic rings. The molecular weight excluding hydrogens is 365 g/mol. The number of benzene rings is 1. The molecule has 1 aromatic heterocycles. The van der Waals surface area contributed by atoms with Gasteiger partial charge in [-0.1, -0.05) is 12.1 Å². The van der Waals surface area contributed by atoms with Crippen LogP contribution >= 0.6 is 0 Å². The lowest BCUT2D eigenvalue weighted by molar-refractivity contribution is 0.630. The van der Waals surface area contributed by atoms with Crippen molar-refractivity contribution in [1.82, 2.24) is 4.57 Å². The number of halogens is 1. The molecule has 1 atom stereocenters. The second-order valence-corrected chi connectivity index (χ2v) is 8.72. The van der Waals surface area contributed by atoms with Gasteiger partial charge in [-0.15, -0.1) is 6.58 Å². The Kier molecular flexibility index (Phi) is 5.24. The molecule has 0 aliphatic heterocycles. The summed E-state index contributed by atoms with van der Waals surface area (Å²) in [5, 5.41) is 2.98. The number of allylic oxidation sites excluding steroid dienone is 1. The maximum absolute atomic E-state index is 14.3. The Morgan fingerprint density at radius 3 is 2.59 bits per heavy atom. The highest BCUT2D eigenvalue weighted by Crippen LogP contribution is 2.45. The lowest BCUT2D eigenvalue weighted by Gasteiger charge is -2.20. The molecule has 1 unspecified atom stereocenters. The van der Waals surface area contributed by atoms with E-state index in [-0.39, 0.29) is 16.0 Å². The molecule has 144 valence electrons. The molecule has 1 heterocycles. The fraction of sp³-hybridized carbons (Fsp3) is 0.350. The number of rotatable bonds is 7. The quantitative estimate of drug-likeness (QED) is 0.702. The van der Waals surface area contributed by atoms with Gasteiger partial charge in [0.1, 0.15) is 22.6 Å². The molecule has 0 radical (unpaired) electrons. The Balaban J connectivity index is 1.99. The minimum Gasteiger partial charge on any atom is -0.337 e. The second-order valence-electron chi connectivity index (χ2n) is 7.11. The molecule has 0 saturated heterocycles. The van der Waals surface area contributed by atoms with Crippen LogP contribution in [-0.2, 0) is 18.0 Å². The zero-order valence-electron chi connectivity index (χ0n) is 15.8. The second kappa shape index (κ2) is 7.31. The molecular formula is C20H24FN3O2S. The largest absolute Gasteiger partial charge is 0.337 e. The van der Waals surface area contributed by atoms with Gasteiger partial charge in [-0.3, -0.25) is 9.36 Å². The van der Waals surface area contributed by atoms with E-state index < -0.39 is 16.8 Å². The molecule has 1 aliphatic carbocycles. The Bertz CT molecular complexity index is 980. The van der Waals surface area contributed by atoms with E-state index in [1.54, 1.807) is 45.2 Å². The van der Waals surface area contributed by atoms with Crippen molar-refractivity contribution in [1.29, 1.82) is 0 Å². The van der Waals surface area contributed by atoms with Crippen molar-refractivity contribution in [2.75, 3.05) is 10.0 Å². The van der Waals surface area contributed by atoms with Crippen LogP contribution in [0.3, 0.4) is 0 Å². The predicted molar refractivity (Wildman–Crippen MR) is 109 cm³/mol. The van der Waals surface area contributed by atoms with Crippen LogP contribution in [0.4, 0.5) is 21.6 Å². The van der Waals surface area contributed by atoms with Gasteiger partial charge in [0.25, 0.3) is 5.56 Å². The Morgan fingerprint density at radius 1 is 1.30 bits per heavy atom. The molecule has 3 rings (SSSR count). The number of pyridine rings is 1. The molecule has 0 amide bonds. The number of hydrogen-bond donors (Lipinski definition) is 2. The Labute approximate surface area is 160 Å². The first kappa shape index (κ1) is 19.4. The van der Waals surface area contributed by atoms with E-state index in [0.717, 1.165) is 18.4 Å². The normalized spacial score (nSPS) is 15.9. The van der Waals surface area contributed by atoms with Crippen molar-refractivity contribution in [2.45, 2.75) is 37.9 Å². The summed E-state index contributed by atoms with van der Waals surface area (Å²) in [5.74, 6) is -0.0449. The van der Waals surface area contributed by atoms with Gasteiger partial charge in [0.15, 0.2) is 0 Å². The third-order valence-electron chi connectivity index (χ3n) is 4.89. The molecule has 0 spiro atoms. The lowest BCUT2D eigenvalue weighted by atomic mass is 10.2. The predicted octanol–water partition coefficient (Wildman–Crippen LogP) is 4.07. The van der Waals surface area contributed by atoms with Gasteiger partial charge in [-0.05, 0) is 56.9 Å². The van der Waals surface area contributed by atoms with Gasteiger partial charge in [0.2, 0.25) is 0 Å². The molecule has 1 saturated carbocycles. The van der Waals surface area contributed by atoms with Gasteiger partial charge in [-0.25, -0.2) is 8.60 Å². The van der Waals surface area contributed by atoms with Crippen LogP contribution in [0.2, 0.25) is 0 Å². The van der Waals surface area contributed by atoms with Gasteiger partial charge < -0.3 is 10.0 Å². The monoisotopic (exact) mass is 389 g/mol. The van der Waals surface area contributed by atoms with Crippen molar-refractivity contribution < 1.29 is 8.60 Å². The van der Waals surface area contributed by atoms with E-state index in [4.69, 9.17) is 0 Å². The van der Waals surface area contributed by atoms with Gasteiger partial charge in [0.05, 0.1) is 16.1 Å². The van der Waals surface area contributed by atoms with Gasteiger partial charge >= 0.3 is 0 Å². The van der Waals surface area contributed by atoms with Crippen LogP contribution in [-0.4, -0.2) is 13.5 Å². The van der Waals surface area contributed by atoms with E-state index in [2.05, 4.69) is 16.6 Å². The average molecular weight is 389 g/mol. The molecule has 5 nitrogen and oxygen atoms in total. The number of nitrogens with one attached hydrogen (secondary N) is 2. The number of nitrogens with zero attached hydrogens (tertiary/aromatic N) is 1. The minimum absolute atomic E-state index is 0.200. The number of aryl methyl sites for hydroxylation is 2. The molecule has 1 aromatic carbocycles. The van der Waals surface area contributed by atoms with E-state index in [1.807, 2.05) is 0 Å². The number of hydrogen-bond acceptors (Lipinski definition) is 3. The van der Waals surface area contributed by atoms with Gasteiger partial charge in [-0.2, -0.15) is 0 Å². The van der Waals surface area contributed by atoms with E-state index in [0.29, 0.717) is 23.5 Å². The number of anilines is 3. The van der Waals surface area contributed by atoms with E-state index >= 15 is 0 Å². The fourth-order valence-corrected chi connectivity index (χ4v) is 4.36. The first-order valence-corrected chi connectivity index (χ1v) is 9.95. The molecule has 2 N–H and O–H groups in total. The summed E-state index contributed by atoms with van der Waals surface area (Å²) in [6.07, 6.45) is 4.16. The summed E-state index contributed by atoms with van der Waals surface area (Å²) < 4.78 is 31.3. The zero-order valence-corrected chi connectivity index (χ0v) is 16.6. The SMILES string of the molecule is C=CCC1(S(=O)Nc2cc(C)c(=O)n(C)c2Nc2ccc(C)cc2F)CC1. The average Bonchev–Trinajstić information content (AvgIpc) is 3.39. The molecule has 0 bridgehead atoms. The summed E-state index contributed by atoms with van der Waals surface area (Å²) in [7, 11) is 0.265. The molecule has 7 heteroatoms. The summed E-state index contributed by atoms with van der Waals surface area (Å²) in [6, 6.07) is 6.48. The summed E-state index contributed by atoms with van der Waals surface area (Å²) >= 11 is 0. The van der Waals surface area contributed by atoms with Crippen molar-refractivity contribution in [3.05, 3.63) is 64.2 Å². The van der Waals surface area contributed by atoms with Crippen LogP contribution in [0.5, 0.6) is 0 Å². The summed E-state index contributed by atoms with van der Waals surface area (Å²) in [6.45, 7) is 7.25. The minimum atomic E-state index is -1.34. The van der Waals surface area contributed by atoms with Crippen molar-refractivity contribution in [3.63, 3.8) is 0 Å². The third kappa shape index (κ3) is 3.83. The molecule has 27 heavy (non-hydrogen) atoms. The zero-order chi connectivity index (χ0) is 19.8. The summed E-state index contributed by atoms with van der Waals surface area (Å²) in [4.78, 5) is 12.4. The van der Waals surface area contributed by atoms with Crippen LogP contribution < -0.4 is 15.6 Å². The number of aromatic nitrogens is 1. The molecule has 1 fully saturated rings. The van der Waals surface area contributed by atoms with Crippen LogP contribution in [0.15, 0.2) is 41.7 Å². The topological polar surface area (TPSA) is 63.1 Å². The maximum Gasteiger partial charge on any atom is 0.254 e. The van der Waals surface area contributed by atoms with Crippen LogP contribution in [0.25, 0.3) is 0 Å². The Morgan fingerprint density at radius 2 is 2.00 bits per heavy atom. The van der Waals surface area contributed by atoms with Crippen molar-refractivity contribution in [3.8, 4) is 0 Å². The van der Waals surface area contributed by atoms with Gasteiger partial charge in [0, 0.05) is 12.6 Å². The standard InChI is InChI=1S/C20H24FN3O2S/c1-5-8-20(9-10-20)27(26)23-17-12-14(3)19(25)24(4)18(17)22-16-7-6-13(2)11-15(16)21/h5-7,11-12,22-23H,1,8-10H2,2-4H3. The highest BCUT2D eigenvalue weighted by Gasteiger charge is 2.48. The highest BCUT2D eigenvalue weighted by atomic mass is 32.2. The third-order valence-corrected chi connectivity index (χ3v) is 6.66.